The van der Waals surface area contributed by atoms with Crippen LogP contribution in [-0.2, 0) is 10.2 Å². The van der Waals surface area contributed by atoms with Gasteiger partial charge >= 0.3 is 10.2 Å². The number of hydrogen-bond donors (Lipinski definition) is 2. The molecule has 0 fully saturated rings. The molecular weight excluding hydrogens is 293 g/mol. The zero-order valence-electron chi connectivity index (χ0n) is 12.8. The van der Waals surface area contributed by atoms with E-state index in [4.69, 9.17) is 0 Å². The number of hydrogen-bond acceptors (Lipinski definition) is 3. The molecule has 0 unspecified atom stereocenters. The highest BCUT2D eigenvalue weighted by Crippen LogP contribution is 2.17. The van der Waals surface area contributed by atoms with Crippen LogP contribution >= 0.6 is 0 Å². The molecule has 0 radical (unpaired) electrons. The van der Waals surface area contributed by atoms with Crippen molar-refractivity contribution in [3.63, 3.8) is 0 Å². The minimum absolute atomic E-state index is 0.0223. The first-order valence-electron chi connectivity index (χ1n) is 7.07. The molecule has 0 heterocycles. The molecule has 0 atom stereocenters. The van der Waals surface area contributed by atoms with Gasteiger partial charge in [-0.15, -0.1) is 0 Å². The first-order chi connectivity index (χ1) is 9.86. The lowest BCUT2D eigenvalue weighted by molar-refractivity contribution is 0.458. The standard InChI is InChI=1S/C14H24FN3O2S/c1-4-8-16-9-5-10-18(3)21(19,20)17-14-11-12(2)6-7-13(14)15/h6-7,11,16-17H,4-5,8-10H2,1-3H3. The Morgan fingerprint density at radius 2 is 2.00 bits per heavy atom. The molecule has 0 aromatic heterocycles. The van der Waals surface area contributed by atoms with Crippen LogP contribution in [0.15, 0.2) is 18.2 Å². The van der Waals surface area contributed by atoms with E-state index in [-0.39, 0.29) is 5.69 Å². The Morgan fingerprint density at radius 1 is 1.29 bits per heavy atom. The van der Waals surface area contributed by atoms with Gasteiger partial charge in [0, 0.05) is 13.6 Å². The number of benzene rings is 1. The quantitative estimate of drug-likeness (QED) is 0.686. The van der Waals surface area contributed by atoms with Crippen molar-refractivity contribution >= 4 is 15.9 Å². The zero-order chi connectivity index (χ0) is 15.9. The molecule has 120 valence electrons. The fourth-order valence-electron chi connectivity index (χ4n) is 1.78. The molecule has 2 N–H and O–H groups in total. The summed E-state index contributed by atoms with van der Waals surface area (Å²) >= 11 is 0. The van der Waals surface area contributed by atoms with Crippen molar-refractivity contribution in [1.29, 1.82) is 0 Å². The molecule has 0 aliphatic rings. The lowest BCUT2D eigenvalue weighted by atomic mass is 10.2. The monoisotopic (exact) mass is 317 g/mol. The molecule has 0 aliphatic carbocycles. The zero-order valence-corrected chi connectivity index (χ0v) is 13.6. The Kier molecular flexibility index (Phi) is 7.07. The first-order valence-corrected chi connectivity index (χ1v) is 8.51. The molecule has 0 bridgehead atoms. The van der Waals surface area contributed by atoms with Crippen molar-refractivity contribution < 1.29 is 12.8 Å². The van der Waals surface area contributed by atoms with Crippen molar-refractivity contribution in [2.75, 3.05) is 31.4 Å². The largest absolute Gasteiger partial charge is 0.317 e. The van der Waals surface area contributed by atoms with Crippen LogP contribution in [0.4, 0.5) is 10.1 Å². The maximum absolute atomic E-state index is 13.6. The van der Waals surface area contributed by atoms with Crippen molar-refractivity contribution in [3.8, 4) is 0 Å². The summed E-state index contributed by atoms with van der Waals surface area (Å²) in [6.07, 6.45) is 1.75. The molecule has 0 aliphatic heterocycles. The summed E-state index contributed by atoms with van der Waals surface area (Å²) in [5, 5.41) is 3.21. The van der Waals surface area contributed by atoms with E-state index in [0.717, 1.165) is 25.1 Å². The lowest BCUT2D eigenvalue weighted by Gasteiger charge is -2.18. The van der Waals surface area contributed by atoms with Gasteiger partial charge in [-0.05, 0) is 50.6 Å². The third-order valence-electron chi connectivity index (χ3n) is 3.02. The van der Waals surface area contributed by atoms with E-state index in [1.165, 1.54) is 23.5 Å². The Hall–Kier alpha value is -1.18. The number of rotatable bonds is 9. The maximum atomic E-state index is 13.6. The highest BCUT2D eigenvalue weighted by Gasteiger charge is 2.18. The van der Waals surface area contributed by atoms with Gasteiger partial charge in [-0.3, -0.25) is 4.72 Å². The van der Waals surface area contributed by atoms with Gasteiger partial charge in [-0.25, -0.2) is 4.39 Å². The van der Waals surface area contributed by atoms with Crippen LogP contribution in [0, 0.1) is 12.7 Å². The van der Waals surface area contributed by atoms with Crippen LogP contribution in [0.1, 0.15) is 25.3 Å². The summed E-state index contributed by atoms with van der Waals surface area (Å²) in [4.78, 5) is 0. The Balaban J connectivity index is 2.57. The van der Waals surface area contributed by atoms with Crippen molar-refractivity contribution in [3.05, 3.63) is 29.6 Å². The minimum atomic E-state index is -3.73. The fraction of sp³-hybridized carbons (Fsp3) is 0.571. The Labute approximate surface area is 126 Å². The van der Waals surface area contributed by atoms with E-state index >= 15 is 0 Å². The van der Waals surface area contributed by atoms with Gasteiger partial charge in [0.15, 0.2) is 0 Å². The van der Waals surface area contributed by atoms with Gasteiger partial charge in [0.05, 0.1) is 5.69 Å². The van der Waals surface area contributed by atoms with E-state index in [0.29, 0.717) is 13.0 Å². The second-order valence-corrected chi connectivity index (χ2v) is 6.79. The SMILES string of the molecule is CCCNCCCN(C)S(=O)(=O)Nc1cc(C)ccc1F. The Morgan fingerprint density at radius 3 is 2.67 bits per heavy atom. The van der Waals surface area contributed by atoms with Crippen LogP contribution in [0.3, 0.4) is 0 Å². The van der Waals surface area contributed by atoms with Crippen LogP contribution in [-0.4, -0.2) is 39.4 Å². The number of halogens is 1. The van der Waals surface area contributed by atoms with Gasteiger partial charge in [0.25, 0.3) is 0 Å². The number of nitrogens with one attached hydrogen (secondary N) is 2. The van der Waals surface area contributed by atoms with Crippen molar-refractivity contribution in [2.24, 2.45) is 0 Å². The van der Waals surface area contributed by atoms with Gasteiger partial charge in [0.2, 0.25) is 0 Å². The highest BCUT2D eigenvalue weighted by atomic mass is 32.2. The third-order valence-corrected chi connectivity index (χ3v) is 4.51. The van der Waals surface area contributed by atoms with E-state index in [1.54, 1.807) is 13.0 Å². The molecule has 1 aromatic rings. The predicted octanol–water partition coefficient (Wildman–Crippen LogP) is 2.11. The average molecular weight is 317 g/mol. The molecule has 21 heavy (non-hydrogen) atoms. The number of nitrogens with zero attached hydrogens (tertiary/aromatic N) is 1. The summed E-state index contributed by atoms with van der Waals surface area (Å²) in [5.74, 6) is -0.581. The summed E-state index contributed by atoms with van der Waals surface area (Å²) in [7, 11) is -2.25. The first kappa shape index (κ1) is 17.9. The summed E-state index contributed by atoms with van der Waals surface area (Å²) in [6, 6.07) is 4.32. The van der Waals surface area contributed by atoms with Crippen molar-refractivity contribution in [1.82, 2.24) is 9.62 Å². The van der Waals surface area contributed by atoms with E-state index < -0.39 is 16.0 Å². The van der Waals surface area contributed by atoms with Crippen molar-refractivity contribution in [2.45, 2.75) is 26.7 Å². The molecule has 0 saturated carbocycles. The predicted molar refractivity (Wildman–Crippen MR) is 84.1 cm³/mol. The normalized spacial score (nSPS) is 11.9. The topological polar surface area (TPSA) is 61.4 Å². The van der Waals surface area contributed by atoms with Crippen LogP contribution < -0.4 is 10.0 Å². The molecule has 5 nitrogen and oxygen atoms in total. The molecule has 0 amide bonds. The molecule has 7 heteroatoms. The summed E-state index contributed by atoms with van der Waals surface area (Å²) in [5.41, 5.74) is 0.770. The Bertz CT molecular complexity index is 549. The fourth-order valence-corrected chi connectivity index (χ4v) is 2.74. The molecular formula is C14H24FN3O2S. The average Bonchev–Trinajstić information content (AvgIpc) is 2.42. The van der Waals surface area contributed by atoms with Gasteiger partial charge in [-0.2, -0.15) is 12.7 Å². The molecule has 0 spiro atoms. The highest BCUT2D eigenvalue weighted by molar-refractivity contribution is 7.90. The lowest BCUT2D eigenvalue weighted by Crippen LogP contribution is -2.34. The van der Waals surface area contributed by atoms with Crippen LogP contribution in [0.5, 0.6) is 0 Å². The van der Waals surface area contributed by atoms with Crippen LogP contribution in [0.2, 0.25) is 0 Å². The molecule has 1 rings (SSSR count). The number of anilines is 1. The second kappa shape index (κ2) is 8.31. The summed E-state index contributed by atoms with van der Waals surface area (Å²) in [6.45, 7) is 5.90. The van der Waals surface area contributed by atoms with Crippen LogP contribution in [0.25, 0.3) is 0 Å². The smallest absolute Gasteiger partial charge is 0.301 e. The minimum Gasteiger partial charge on any atom is -0.317 e. The summed E-state index contributed by atoms with van der Waals surface area (Å²) < 4.78 is 41.3. The second-order valence-electron chi connectivity index (χ2n) is 5.02. The van der Waals surface area contributed by atoms with E-state index in [1.807, 2.05) is 0 Å². The van der Waals surface area contributed by atoms with E-state index in [2.05, 4.69) is 17.0 Å². The molecule has 0 saturated heterocycles. The number of aryl methyl sites for hydroxylation is 1. The molecule has 1 aromatic carbocycles. The maximum Gasteiger partial charge on any atom is 0.301 e. The van der Waals surface area contributed by atoms with Gasteiger partial charge in [-0.1, -0.05) is 13.0 Å². The van der Waals surface area contributed by atoms with E-state index in [9.17, 15) is 12.8 Å². The van der Waals surface area contributed by atoms with Gasteiger partial charge in [0.1, 0.15) is 5.82 Å². The van der Waals surface area contributed by atoms with Gasteiger partial charge < -0.3 is 5.32 Å². The third kappa shape index (κ3) is 5.99.